The number of benzene rings is 2. The van der Waals surface area contributed by atoms with Gasteiger partial charge in [-0.3, -0.25) is 0 Å². The van der Waals surface area contributed by atoms with E-state index in [2.05, 4.69) is 31.6 Å². The van der Waals surface area contributed by atoms with Crippen LogP contribution in [0.4, 0.5) is 14.9 Å². The van der Waals surface area contributed by atoms with E-state index in [1.165, 1.54) is 6.07 Å². The van der Waals surface area contributed by atoms with Crippen molar-refractivity contribution in [3.8, 4) is 11.7 Å². The van der Waals surface area contributed by atoms with Gasteiger partial charge in [-0.2, -0.15) is 0 Å². The number of aryl methyl sites for hydroxylation is 1. The first-order chi connectivity index (χ1) is 22.6. The summed E-state index contributed by atoms with van der Waals surface area (Å²) in [6.07, 6.45) is 13.2. The van der Waals surface area contributed by atoms with Gasteiger partial charge in [-0.25, -0.2) is 22.6 Å². The minimum absolute atomic E-state index is 0.0197. The number of likely N-dealkylation sites (tertiary alicyclic amines) is 1. The lowest BCUT2D eigenvalue weighted by Crippen LogP contribution is -2.56. The van der Waals surface area contributed by atoms with Crippen LogP contribution in [0.5, 0.6) is 0 Å². The standard InChI is InChI=1S/C36H44FN5O4S/c1-3-34-38-17-20-41(34)25-36(28-7-5-8-29(37)21-28,32-9-6-10-33(32)39-35(43)44)27-15-18-40(19-16-27)22-26-23-42(24-26)30-11-13-31(14-12-30)47(45,46)4-2/h2,5,7-8,11-14,17,20-21,26-27,32-33,39H,3,6,9-10,15-16,18-19,22-25H2,1H3,(H,43,44)/t32-,33-,36?/m0/s1. The molecule has 3 fully saturated rings. The number of terminal acetylenes is 1. The second kappa shape index (κ2) is 13.7. The molecule has 1 aliphatic carbocycles. The van der Waals surface area contributed by atoms with E-state index in [1.54, 1.807) is 24.3 Å². The fourth-order valence-electron chi connectivity index (χ4n) is 8.65. The van der Waals surface area contributed by atoms with Crippen LogP contribution < -0.4 is 10.2 Å². The molecule has 1 amide bonds. The molecule has 0 radical (unpaired) electrons. The largest absolute Gasteiger partial charge is 0.465 e. The highest BCUT2D eigenvalue weighted by Crippen LogP contribution is 2.52. The van der Waals surface area contributed by atoms with Gasteiger partial charge in [0.05, 0.1) is 4.90 Å². The summed E-state index contributed by atoms with van der Waals surface area (Å²) in [5.41, 5.74) is 1.46. The van der Waals surface area contributed by atoms with E-state index < -0.39 is 21.3 Å². The predicted octanol–water partition coefficient (Wildman–Crippen LogP) is 5.17. The molecule has 1 saturated carbocycles. The van der Waals surface area contributed by atoms with Crippen LogP contribution in [0.15, 0.2) is 65.8 Å². The Balaban J connectivity index is 1.20. The van der Waals surface area contributed by atoms with Gasteiger partial charge in [0.25, 0.3) is 0 Å². The van der Waals surface area contributed by atoms with Crippen molar-refractivity contribution in [3.63, 3.8) is 0 Å². The van der Waals surface area contributed by atoms with Crippen molar-refractivity contribution in [2.24, 2.45) is 17.8 Å². The maximum atomic E-state index is 15.0. The van der Waals surface area contributed by atoms with E-state index in [4.69, 9.17) is 6.42 Å². The smallest absolute Gasteiger partial charge is 0.404 e. The zero-order valence-electron chi connectivity index (χ0n) is 26.9. The van der Waals surface area contributed by atoms with Crippen LogP contribution in [0.2, 0.25) is 0 Å². The fraction of sp³-hybridized carbons (Fsp3) is 0.500. The number of halogens is 1. The number of hydrogen-bond donors (Lipinski definition) is 2. The summed E-state index contributed by atoms with van der Waals surface area (Å²) in [5.74, 6) is 1.46. The number of aromatic nitrogens is 2. The van der Waals surface area contributed by atoms with E-state index in [0.717, 1.165) is 88.3 Å². The minimum atomic E-state index is -3.68. The van der Waals surface area contributed by atoms with Gasteiger partial charge in [0.2, 0.25) is 9.84 Å². The SMILES string of the molecule is C#CS(=O)(=O)c1ccc(N2CC(CN3CCC(C(Cn4ccnc4CC)(c4cccc(F)c4)[C@H]4CCC[C@@H]4NC(=O)O)CC3)C2)cc1. The molecule has 2 N–H and O–H groups in total. The summed E-state index contributed by atoms with van der Waals surface area (Å²) in [7, 11) is -3.68. The summed E-state index contributed by atoms with van der Waals surface area (Å²) in [6.45, 7) is 7.35. The Bertz CT molecular complexity index is 1710. The Kier molecular flexibility index (Phi) is 9.62. The number of piperidine rings is 1. The molecule has 6 rings (SSSR count). The summed E-state index contributed by atoms with van der Waals surface area (Å²) in [6, 6.07) is 13.6. The van der Waals surface area contributed by atoms with Crippen LogP contribution in [0.3, 0.4) is 0 Å². The summed E-state index contributed by atoms with van der Waals surface area (Å²) in [4.78, 5) is 21.5. The van der Waals surface area contributed by atoms with Crippen molar-refractivity contribution in [2.45, 2.75) is 68.3 Å². The molecule has 1 unspecified atom stereocenters. The fourth-order valence-corrected chi connectivity index (χ4v) is 9.28. The van der Waals surface area contributed by atoms with Gasteiger partial charge >= 0.3 is 6.09 Å². The first kappa shape index (κ1) is 33.0. The van der Waals surface area contributed by atoms with Crippen molar-refractivity contribution >= 4 is 21.6 Å². The Labute approximate surface area is 277 Å². The average Bonchev–Trinajstić information content (AvgIpc) is 3.70. The number of amides is 1. The minimum Gasteiger partial charge on any atom is -0.465 e. The third-order valence-corrected chi connectivity index (χ3v) is 12.1. The summed E-state index contributed by atoms with van der Waals surface area (Å²) in [5, 5.41) is 14.5. The molecule has 0 bridgehead atoms. The van der Waals surface area contributed by atoms with E-state index in [1.807, 2.05) is 35.8 Å². The number of nitrogens with one attached hydrogen (secondary N) is 1. The number of anilines is 1. The molecule has 11 heteroatoms. The summed E-state index contributed by atoms with van der Waals surface area (Å²) >= 11 is 0. The highest BCUT2D eigenvalue weighted by Gasteiger charge is 2.52. The number of sulfone groups is 1. The molecule has 2 aromatic carbocycles. The van der Waals surface area contributed by atoms with E-state index in [0.29, 0.717) is 12.5 Å². The average molecular weight is 662 g/mol. The van der Waals surface area contributed by atoms with Gasteiger partial charge in [-0.05, 0) is 92.6 Å². The molecule has 9 nitrogen and oxygen atoms in total. The Morgan fingerprint density at radius 1 is 1.13 bits per heavy atom. The molecule has 2 aliphatic heterocycles. The van der Waals surface area contributed by atoms with Gasteiger partial charge < -0.3 is 24.8 Å². The highest BCUT2D eigenvalue weighted by molar-refractivity contribution is 7.96. The molecular weight excluding hydrogens is 617 g/mol. The molecule has 3 heterocycles. The lowest BCUT2D eigenvalue weighted by molar-refractivity contribution is 0.0548. The van der Waals surface area contributed by atoms with Crippen LogP contribution >= 0.6 is 0 Å². The monoisotopic (exact) mass is 661 g/mol. The third-order valence-electron chi connectivity index (χ3n) is 10.9. The Morgan fingerprint density at radius 2 is 1.87 bits per heavy atom. The number of hydrogen-bond acceptors (Lipinski definition) is 6. The van der Waals surface area contributed by atoms with Gasteiger partial charge in [0.1, 0.15) is 11.6 Å². The lowest BCUT2D eigenvalue weighted by atomic mass is 9.58. The maximum Gasteiger partial charge on any atom is 0.404 e. The normalized spacial score (nSPS) is 22.4. The number of imidazole rings is 1. The Hall–Kier alpha value is -3.88. The molecule has 1 aromatic heterocycles. The first-order valence-corrected chi connectivity index (χ1v) is 18.2. The second-order valence-electron chi connectivity index (χ2n) is 13.4. The van der Waals surface area contributed by atoms with Gasteiger partial charge in [0, 0.05) is 73.3 Å². The van der Waals surface area contributed by atoms with Crippen molar-refractivity contribution in [2.75, 3.05) is 37.6 Å². The molecule has 3 atom stereocenters. The molecule has 0 spiro atoms. The zero-order chi connectivity index (χ0) is 33.2. The molecule has 47 heavy (non-hydrogen) atoms. The van der Waals surface area contributed by atoms with Gasteiger partial charge in [0.15, 0.2) is 0 Å². The lowest BCUT2D eigenvalue weighted by Gasteiger charge is -2.51. The number of carboxylic acid groups (broad SMARTS) is 1. The molecule has 3 aromatic rings. The van der Waals surface area contributed by atoms with Crippen LogP contribution in [-0.2, 0) is 28.2 Å². The summed E-state index contributed by atoms with van der Waals surface area (Å²) < 4.78 is 41.1. The quantitative estimate of drug-likeness (QED) is 0.216. The topological polar surface area (TPSA) is 108 Å². The van der Waals surface area contributed by atoms with Crippen LogP contribution in [0.1, 0.15) is 50.4 Å². The van der Waals surface area contributed by atoms with E-state index in [9.17, 15) is 18.3 Å². The van der Waals surface area contributed by atoms with Crippen molar-refractivity contribution in [1.29, 1.82) is 0 Å². The van der Waals surface area contributed by atoms with Crippen molar-refractivity contribution < 1.29 is 22.7 Å². The number of carbonyl (C=O) groups is 1. The molecule has 2 saturated heterocycles. The second-order valence-corrected chi connectivity index (χ2v) is 15.1. The predicted molar refractivity (Wildman–Crippen MR) is 179 cm³/mol. The van der Waals surface area contributed by atoms with Gasteiger partial charge in [-0.1, -0.05) is 25.5 Å². The van der Waals surface area contributed by atoms with Crippen molar-refractivity contribution in [3.05, 3.63) is 78.1 Å². The van der Waals surface area contributed by atoms with Crippen LogP contribution in [0.25, 0.3) is 0 Å². The van der Waals surface area contributed by atoms with Crippen LogP contribution in [0, 0.1) is 35.2 Å². The van der Waals surface area contributed by atoms with Crippen molar-refractivity contribution in [1.82, 2.24) is 19.8 Å². The molecular formula is C36H44FN5O4S. The van der Waals surface area contributed by atoms with E-state index in [-0.39, 0.29) is 28.6 Å². The number of rotatable bonds is 11. The highest BCUT2D eigenvalue weighted by atomic mass is 32.2. The zero-order valence-corrected chi connectivity index (χ0v) is 27.7. The number of nitrogens with zero attached hydrogens (tertiary/aromatic N) is 4. The van der Waals surface area contributed by atoms with E-state index >= 15 is 4.39 Å². The first-order valence-electron chi connectivity index (χ1n) is 16.7. The third kappa shape index (κ3) is 6.76. The molecule has 250 valence electrons. The van der Waals surface area contributed by atoms with Gasteiger partial charge in [-0.15, -0.1) is 6.42 Å². The molecule has 3 aliphatic rings. The van der Waals surface area contributed by atoms with Crippen LogP contribution in [-0.4, -0.2) is 72.8 Å². The Morgan fingerprint density at radius 3 is 2.53 bits per heavy atom. The maximum absolute atomic E-state index is 15.0.